The summed E-state index contributed by atoms with van der Waals surface area (Å²) in [7, 11) is 2.19. The van der Waals surface area contributed by atoms with Crippen molar-refractivity contribution in [2.45, 2.75) is 39.2 Å². The topological polar surface area (TPSA) is 45.2 Å². The summed E-state index contributed by atoms with van der Waals surface area (Å²) in [5, 5.41) is 3.69. The van der Waals surface area contributed by atoms with E-state index in [2.05, 4.69) is 28.3 Å². The highest BCUT2D eigenvalue weighted by molar-refractivity contribution is 7.16. The average molecular weight is 291 g/mol. The summed E-state index contributed by atoms with van der Waals surface area (Å²) in [6.45, 7) is 4.93. The van der Waals surface area contributed by atoms with Crippen molar-refractivity contribution in [3.63, 3.8) is 0 Å². The number of thiazole rings is 1. The van der Waals surface area contributed by atoms with Crippen molar-refractivity contribution in [2.24, 2.45) is 5.92 Å². The molecule has 4 nitrogen and oxygen atoms in total. The number of nitrogens with one attached hydrogen (secondary N) is 1. The number of carbonyl (C=O) groups is 1. The van der Waals surface area contributed by atoms with Gasteiger partial charge in [-0.25, -0.2) is 4.98 Å². The van der Waals surface area contributed by atoms with E-state index in [0.717, 1.165) is 36.6 Å². The maximum atomic E-state index is 11.8. The lowest BCUT2D eigenvalue weighted by Crippen LogP contribution is -2.38. The lowest BCUT2D eigenvalue weighted by molar-refractivity contribution is -0.118. The first-order chi connectivity index (χ1) is 9.56. The van der Waals surface area contributed by atoms with Gasteiger partial charge < -0.3 is 5.32 Å². The molecular formula is C15H21N3OS. The number of likely N-dealkylation sites (N-methyl/N-ethyl adjacent to an activating group) is 1. The molecule has 0 aromatic carbocycles. The van der Waals surface area contributed by atoms with Gasteiger partial charge in [-0.15, -0.1) is 11.3 Å². The van der Waals surface area contributed by atoms with Crippen LogP contribution in [0.1, 0.15) is 37.3 Å². The highest BCUT2D eigenvalue weighted by Gasteiger charge is 2.31. The lowest BCUT2D eigenvalue weighted by atomic mass is 9.88. The molecule has 0 radical (unpaired) electrons. The maximum Gasteiger partial charge on any atom is 0.228 e. The van der Waals surface area contributed by atoms with E-state index in [0.29, 0.717) is 6.04 Å². The summed E-state index contributed by atoms with van der Waals surface area (Å²) < 4.78 is 0. The van der Waals surface area contributed by atoms with E-state index in [9.17, 15) is 4.79 Å². The highest BCUT2D eigenvalue weighted by Crippen LogP contribution is 2.39. The fourth-order valence-corrected chi connectivity index (χ4v) is 3.90. The van der Waals surface area contributed by atoms with Crippen LogP contribution in [-0.2, 0) is 11.2 Å². The molecule has 5 heteroatoms. The molecule has 0 bridgehead atoms. The molecule has 2 heterocycles. The molecule has 0 saturated carbocycles. The van der Waals surface area contributed by atoms with Crippen LogP contribution in [0, 0.1) is 5.92 Å². The van der Waals surface area contributed by atoms with Gasteiger partial charge in [0.15, 0.2) is 5.13 Å². The van der Waals surface area contributed by atoms with E-state index in [-0.39, 0.29) is 11.8 Å². The minimum atomic E-state index is -0.0105. The molecule has 108 valence electrons. The minimum absolute atomic E-state index is 0.0105. The van der Waals surface area contributed by atoms with E-state index in [4.69, 9.17) is 0 Å². The molecule has 1 aromatic rings. The number of anilines is 1. The van der Waals surface area contributed by atoms with Crippen LogP contribution >= 0.6 is 11.3 Å². The van der Waals surface area contributed by atoms with Gasteiger partial charge in [0.2, 0.25) is 5.91 Å². The standard InChI is InChI=1S/C15H21N3OS/c1-9(2)14(19)17-15-16-13-10-5-4-8-18(3)11(10)6-7-12(13)20-15/h5,9,11H,4,6-8H2,1-3H3,(H,16,17,19). The van der Waals surface area contributed by atoms with E-state index in [1.54, 1.807) is 11.3 Å². The summed E-state index contributed by atoms with van der Waals surface area (Å²) in [5.41, 5.74) is 2.48. The van der Waals surface area contributed by atoms with Crippen molar-refractivity contribution in [1.29, 1.82) is 0 Å². The molecule has 0 saturated heterocycles. The van der Waals surface area contributed by atoms with Crippen LogP contribution in [0.15, 0.2) is 6.08 Å². The number of aromatic nitrogens is 1. The molecular weight excluding hydrogens is 270 g/mol. The Morgan fingerprint density at radius 2 is 2.35 bits per heavy atom. The zero-order valence-electron chi connectivity index (χ0n) is 12.3. The summed E-state index contributed by atoms with van der Waals surface area (Å²) in [5.74, 6) is 0.0334. The van der Waals surface area contributed by atoms with Gasteiger partial charge in [0.05, 0.1) is 5.69 Å². The number of hydrogen-bond donors (Lipinski definition) is 1. The number of aryl methyl sites for hydroxylation is 1. The quantitative estimate of drug-likeness (QED) is 0.911. The number of rotatable bonds is 2. The number of carbonyl (C=O) groups excluding carboxylic acids is 1. The van der Waals surface area contributed by atoms with Crippen LogP contribution in [0.25, 0.3) is 5.57 Å². The number of amides is 1. The molecule has 1 amide bonds. The number of nitrogens with zero attached hydrogens (tertiary/aromatic N) is 2. The Balaban J connectivity index is 1.88. The van der Waals surface area contributed by atoms with Crippen LogP contribution in [0.3, 0.4) is 0 Å². The first-order valence-corrected chi connectivity index (χ1v) is 8.09. The molecule has 3 rings (SSSR count). The van der Waals surface area contributed by atoms with E-state index < -0.39 is 0 Å². The average Bonchev–Trinajstić information content (AvgIpc) is 2.81. The van der Waals surface area contributed by atoms with Crippen molar-refractivity contribution in [1.82, 2.24) is 9.88 Å². The summed E-state index contributed by atoms with van der Waals surface area (Å²) in [6, 6.07) is 0.506. The molecule has 0 spiro atoms. The third-order valence-corrected chi connectivity index (χ3v) is 5.14. The Morgan fingerprint density at radius 1 is 1.55 bits per heavy atom. The zero-order valence-corrected chi connectivity index (χ0v) is 13.1. The van der Waals surface area contributed by atoms with Crippen LogP contribution in [0.2, 0.25) is 0 Å². The summed E-state index contributed by atoms with van der Waals surface area (Å²) in [6.07, 6.45) is 5.65. The predicted octanol–water partition coefficient (Wildman–Crippen LogP) is 2.77. The van der Waals surface area contributed by atoms with Gasteiger partial charge in [-0.2, -0.15) is 0 Å². The van der Waals surface area contributed by atoms with Crippen molar-refractivity contribution in [2.75, 3.05) is 18.9 Å². The van der Waals surface area contributed by atoms with Crippen molar-refractivity contribution in [3.05, 3.63) is 16.6 Å². The monoisotopic (exact) mass is 291 g/mol. The molecule has 1 aromatic heterocycles. The summed E-state index contributed by atoms with van der Waals surface area (Å²) in [4.78, 5) is 20.2. The molecule has 0 fully saturated rings. The van der Waals surface area contributed by atoms with Gasteiger partial charge in [0.25, 0.3) is 0 Å². The van der Waals surface area contributed by atoms with E-state index in [1.165, 1.54) is 10.5 Å². The van der Waals surface area contributed by atoms with Gasteiger partial charge in [0, 0.05) is 23.4 Å². The SMILES string of the molecule is CC(C)C(=O)Nc1nc2c(s1)CCC1C2=CCCN1C. The Bertz CT molecular complexity index is 561. The van der Waals surface area contributed by atoms with Crippen molar-refractivity contribution >= 4 is 27.9 Å². The second kappa shape index (κ2) is 5.30. The fourth-order valence-electron chi connectivity index (χ4n) is 2.90. The zero-order chi connectivity index (χ0) is 14.3. The van der Waals surface area contributed by atoms with Crippen LogP contribution in [0.5, 0.6) is 0 Å². The second-order valence-corrected chi connectivity index (χ2v) is 7.00. The first kappa shape index (κ1) is 13.8. The van der Waals surface area contributed by atoms with E-state index in [1.807, 2.05) is 13.8 Å². The molecule has 2 aliphatic rings. The Morgan fingerprint density at radius 3 is 3.10 bits per heavy atom. The lowest BCUT2D eigenvalue weighted by Gasteiger charge is -2.35. The van der Waals surface area contributed by atoms with Gasteiger partial charge >= 0.3 is 0 Å². The largest absolute Gasteiger partial charge is 0.302 e. The van der Waals surface area contributed by atoms with Crippen molar-refractivity contribution < 1.29 is 4.79 Å². The summed E-state index contributed by atoms with van der Waals surface area (Å²) >= 11 is 1.64. The van der Waals surface area contributed by atoms with Gasteiger partial charge in [-0.3, -0.25) is 9.69 Å². The van der Waals surface area contributed by atoms with E-state index >= 15 is 0 Å². The Kier molecular flexibility index (Phi) is 3.65. The Hall–Kier alpha value is -1.20. The van der Waals surface area contributed by atoms with Crippen molar-refractivity contribution in [3.8, 4) is 0 Å². The van der Waals surface area contributed by atoms with Gasteiger partial charge in [-0.05, 0) is 31.9 Å². The molecule has 1 atom stereocenters. The van der Waals surface area contributed by atoms with Gasteiger partial charge in [-0.1, -0.05) is 19.9 Å². The first-order valence-electron chi connectivity index (χ1n) is 7.27. The fraction of sp³-hybridized carbons (Fsp3) is 0.600. The normalized spacial score (nSPS) is 22.2. The Labute approximate surface area is 123 Å². The molecule has 1 aliphatic heterocycles. The minimum Gasteiger partial charge on any atom is -0.302 e. The van der Waals surface area contributed by atoms with Gasteiger partial charge in [0.1, 0.15) is 0 Å². The predicted molar refractivity (Wildman–Crippen MR) is 82.9 cm³/mol. The number of fused-ring (bicyclic) bond motifs is 3. The molecule has 1 aliphatic carbocycles. The van der Waals surface area contributed by atoms with Crippen LogP contribution in [-0.4, -0.2) is 35.4 Å². The maximum absolute atomic E-state index is 11.8. The molecule has 1 N–H and O–H groups in total. The highest BCUT2D eigenvalue weighted by atomic mass is 32.1. The third kappa shape index (κ3) is 2.40. The second-order valence-electron chi connectivity index (χ2n) is 5.92. The van der Waals surface area contributed by atoms with Crippen LogP contribution < -0.4 is 5.32 Å². The molecule has 1 unspecified atom stereocenters. The van der Waals surface area contributed by atoms with Crippen LogP contribution in [0.4, 0.5) is 5.13 Å². The molecule has 20 heavy (non-hydrogen) atoms. The third-order valence-electron chi connectivity index (χ3n) is 4.11. The smallest absolute Gasteiger partial charge is 0.228 e. The number of hydrogen-bond acceptors (Lipinski definition) is 4.